The molecule has 2 heterocycles. The van der Waals surface area contributed by atoms with E-state index in [-0.39, 0.29) is 5.41 Å². The Labute approximate surface area is 125 Å². The molecule has 5 heteroatoms. The summed E-state index contributed by atoms with van der Waals surface area (Å²) in [4.78, 5) is 4.44. The highest BCUT2D eigenvalue weighted by atomic mass is 35.5. The maximum Gasteiger partial charge on any atom is 0.243 e. The average Bonchev–Trinajstić information content (AvgIpc) is 2.79. The zero-order chi connectivity index (χ0) is 14.6. The highest BCUT2D eigenvalue weighted by Crippen LogP contribution is 2.24. The standard InChI is InChI=1S/C15H23ClN4/c1-4-5-6-9-15(2,3)11-17-14-18-13-8-7-12(16)10-20(13)19-14/h7-8,10H,4-6,9,11H2,1-3H3,(H,17,19). The number of nitrogens with one attached hydrogen (secondary N) is 1. The van der Waals surface area contributed by atoms with Crippen molar-refractivity contribution in [2.24, 2.45) is 5.41 Å². The fraction of sp³-hybridized carbons (Fsp3) is 0.600. The van der Waals surface area contributed by atoms with Gasteiger partial charge in [-0.05, 0) is 24.0 Å². The van der Waals surface area contributed by atoms with Crippen molar-refractivity contribution in [1.82, 2.24) is 14.6 Å². The molecule has 0 amide bonds. The summed E-state index contributed by atoms with van der Waals surface area (Å²) in [6, 6.07) is 3.69. The topological polar surface area (TPSA) is 42.2 Å². The Balaban J connectivity index is 1.94. The SMILES string of the molecule is CCCCCC(C)(C)CNc1nc2ccc(Cl)cn2n1. The zero-order valence-electron chi connectivity index (χ0n) is 12.5. The lowest BCUT2D eigenvalue weighted by molar-refractivity contribution is 0.342. The summed E-state index contributed by atoms with van der Waals surface area (Å²) in [5.74, 6) is 0.663. The third-order valence-corrected chi connectivity index (χ3v) is 3.70. The molecule has 2 aromatic heterocycles. The van der Waals surface area contributed by atoms with Gasteiger partial charge in [0.05, 0.1) is 5.02 Å². The fourth-order valence-electron chi connectivity index (χ4n) is 2.19. The van der Waals surface area contributed by atoms with Crippen molar-refractivity contribution in [3.8, 4) is 0 Å². The van der Waals surface area contributed by atoms with Crippen LogP contribution in [-0.2, 0) is 0 Å². The molecule has 4 nitrogen and oxygen atoms in total. The first kappa shape index (κ1) is 15.1. The van der Waals surface area contributed by atoms with Crippen LogP contribution >= 0.6 is 11.6 Å². The van der Waals surface area contributed by atoms with E-state index >= 15 is 0 Å². The van der Waals surface area contributed by atoms with E-state index in [1.165, 1.54) is 25.7 Å². The van der Waals surface area contributed by atoms with Crippen molar-refractivity contribution in [1.29, 1.82) is 0 Å². The molecule has 0 unspecified atom stereocenters. The van der Waals surface area contributed by atoms with Crippen LogP contribution in [0.5, 0.6) is 0 Å². The minimum atomic E-state index is 0.254. The highest BCUT2D eigenvalue weighted by molar-refractivity contribution is 6.30. The number of aromatic nitrogens is 3. The molecule has 0 spiro atoms. The molecule has 0 saturated heterocycles. The predicted molar refractivity (Wildman–Crippen MR) is 84.4 cm³/mol. The Bertz CT molecular complexity index is 562. The molecule has 0 radical (unpaired) electrons. The molecule has 0 aliphatic heterocycles. The van der Waals surface area contributed by atoms with Gasteiger partial charge in [0.25, 0.3) is 0 Å². The van der Waals surface area contributed by atoms with Crippen LogP contribution < -0.4 is 5.32 Å². The normalized spacial score (nSPS) is 12.0. The molecule has 2 rings (SSSR count). The number of hydrogen-bond acceptors (Lipinski definition) is 3. The summed E-state index contributed by atoms with van der Waals surface area (Å²) in [6.45, 7) is 7.67. The fourth-order valence-corrected chi connectivity index (χ4v) is 2.35. The third-order valence-electron chi connectivity index (χ3n) is 3.48. The summed E-state index contributed by atoms with van der Waals surface area (Å²) < 4.78 is 1.70. The Hall–Kier alpha value is -1.29. The Morgan fingerprint density at radius 1 is 1.30 bits per heavy atom. The van der Waals surface area contributed by atoms with Gasteiger partial charge in [-0.25, -0.2) is 4.52 Å². The number of halogens is 1. The third kappa shape index (κ3) is 4.10. The Kier molecular flexibility index (Phi) is 4.86. The second-order valence-corrected chi connectivity index (χ2v) is 6.50. The second-order valence-electron chi connectivity index (χ2n) is 6.06. The van der Waals surface area contributed by atoms with Crippen molar-refractivity contribution >= 4 is 23.2 Å². The van der Waals surface area contributed by atoms with Gasteiger partial charge in [-0.15, -0.1) is 5.10 Å². The van der Waals surface area contributed by atoms with Gasteiger partial charge in [-0.2, -0.15) is 4.98 Å². The number of pyridine rings is 1. The number of hydrogen-bond donors (Lipinski definition) is 1. The minimum absolute atomic E-state index is 0.254. The monoisotopic (exact) mass is 294 g/mol. The van der Waals surface area contributed by atoms with Crippen LogP contribution in [0.3, 0.4) is 0 Å². The molecular weight excluding hydrogens is 272 g/mol. The molecule has 0 aromatic carbocycles. The molecule has 0 aliphatic carbocycles. The van der Waals surface area contributed by atoms with Crippen LogP contribution in [0.15, 0.2) is 18.3 Å². The zero-order valence-corrected chi connectivity index (χ0v) is 13.2. The molecule has 0 bridgehead atoms. The Morgan fingerprint density at radius 2 is 2.10 bits per heavy atom. The van der Waals surface area contributed by atoms with Gasteiger partial charge in [-0.1, -0.05) is 51.6 Å². The van der Waals surface area contributed by atoms with Crippen LogP contribution in [0.2, 0.25) is 5.02 Å². The summed E-state index contributed by atoms with van der Waals surface area (Å²) in [6.07, 6.45) is 6.82. The smallest absolute Gasteiger partial charge is 0.243 e. The first-order valence-electron chi connectivity index (χ1n) is 7.26. The molecule has 2 aromatic rings. The lowest BCUT2D eigenvalue weighted by atomic mass is 9.87. The van der Waals surface area contributed by atoms with Crippen LogP contribution in [-0.4, -0.2) is 21.1 Å². The number of rotatable bonds is 7. The highest BCUT2D eigenvalue weighted by Gasteiger charge is 2.17. The van der Waals surface area contributed by atoms with Gasteiger partial charge in [-0.3, -0.25) is 0 Å². The van der Waals surface area contributed by atoms with Crippen molar-refractivity contribution in [2.45, 2.75) is 46.5 Å². The summed E-state index contributed by atoms with van der Waals surface area (Å²) in [7, 11) is 0. The molecule has 0 aliphatic rings. The van der Waals surface area contributed by atoms with Crippen molar-refractivity contribution in [3.63, 3.8) is 0 Å². The van der Waals surface area contributed by atoms with Gasteiger partial charge in [0, 0.05) is 12.7 Å². The van der Waals surface area contributed by atoms with E-state index in [0.717, 1.165) is 12.2 Å². The van der Waals surface area contributed by atoms with E-state index in [9.17, 15) is 0 Å². The van der Waals surface area contributed by atoms with Crippen molar-refractivity contribution in [3.05, 3.63) is 23.4 Å². The van der Waals surface area contributed by atoms with Crippen LogP contribution in [0.25, 0.3) is 5.65 Å². The summed E-state index contributed by atoms with van der Waals surface area (Å²) in [5.41, 5.74) is 1.06. The first-order chi connectivity index (χ1) is 9.50. The number of unbranched alkanes of at least 4 members (excludes halogenated alkanes) is 2. The number of nitrogens with zero attached hydrogens (tertiary/aromatic N) is 3. The average molecular weight is 295 g/mol. The number of fused-ring (bicyclic) bond motifs is 1. The van der Waals surface area contributed by atoms with Gasteiger partial charge >= 0.3 is 0 Å². The Morgan fingerprint density at radius 3 is 2.85 bits per heavy atom. The molecular formula is C15H23ClN4. The van der Waals surface area contributed by atoms with Crippen LogP contribution in [0.1, 0.15) is 46.5 Å². The molecule has 110 valence electrons. The lowest BCUT2D eigenvalue weighted by Gasteiger charge is -2.24. The van der Waals surface area contributed by atoms with Gasteiger partial charge in [0.15, 0.2) is 5.65 Å². The minimum Gasteiger partial charge on any atom is -0.352 e. The molecule has 0 atom stereocenters. The van der Waals surface area contributed by atoms with E-state index < -0.39 is 0 Å². The van der Waals surface area contributed by atoms with Crippen molar-refractivity contribution < 1.29 is 0 Å². The molecule has 0 fully saturated rings. The number of anilines is 1. The van der Waals surface area contributed by atoms with Gasteiger partial charge in [0.1, 0.15) is 0 Å². The molecule has 1 N–H and O–H groups in total. The van der Waals surface area contributed by atoms with E-state index in [4.69, 9.17) is 11.6 Å². The molecule has 0 saturated carbocycles. The largest absolute Gasteiger partial charge is 0.352 e. The first-order valence-corrected chi connectivity index (χ1v) is 7.64. The van der Waals surface area contributed by atoms with E-state index in [1.807, 2.05) is 12.1 Å². The van der Waals surface area contributed by atoms with E-state index in [0.29, 0.717) is 11.0 Å². The summed E-state index contributed by atoms with van der Waals surface area (Å²) >= 11 is 5.94. The second kappa shape index (κ2) is 6.44. The van der Waals surface area contributed by atoms with E-state index in [1.54, 1.807) is 10.7 Å². The lowest BCUT2D eigenvalue weighted by Crippen LogP contribution is -2.23. The quantitative estimate of drug-likeness (QED) is 0.770. The maximum absolute atomic E-state index is 5.94. The van der Waals surface area contributed by atoms with Crippen LogP contribution in [0, 0.1) is 5.41 Å². The van der Waals surface area contributed by atoms with E-state index in [2.05, 4.69) is 36.2 Å². The maximum atomic E-state index is 5.94. The molecule has 20 heavy (non-hydrogen) atoms. The van der Waals surface area contributed by atoms with Crippen molar-refractivity contribution in [2.75, 3.05) is 11.9 Å². The summed E-state index contributed by atoms with van der Waals surface area (Å²) in [5, 5.41) is 8.38. The van der Waals surface area contributed by atoms with Crippen LogP contribution in [0.4, 0.5) is 5.95 Å². The van der Waals surface area contributed by atoms with Gasteiger partial charge in [0.2, 0.25) is 5.95 Å². The predicted octanol–water partition coefficient (Wildman–Crippen LogP) is 4.40. The van der Waals surface area contributed by atoms with Gasteiger partial charge < -0.3 is 5.32 Å².